The third-order valence-electron chi connectivity index (χ3n) is 10.9. The number of carbonyl (C=O) groups is 1. The maximum atomic E-state index is 12.3. The van der Waals surface area contributed by atoms with Crippen molar-refractivity contribution in [3.8, 4) is 0 Å². The van der Waals surface area contributed by atoms with E-state index < -0.39 is 5.60 Å². The van der Waals surface area contributed by atoms with Crippen LogP contribution in [0.2, 0.25) is 0 Å². The fraction of sp³-hybridized carbons (Fsp3) is 0.897. The molecule has 0 aliphatic heterocycles. The Morgan fingerprint density at radius 2 is 1.59 bits per heavy atom. The second kappa shape index (κ2) is 9.73. The average molecular weight is 463 g/mol. The molecule has 4 aliphatic carbocycles. The van der Waals surface area contributed by atoms with Crippen LogP contribution in [0.3, 0.4) is 0 Å². The van der Waals surface area contributed by atoms with Crippen molar-refractivity contribution in [1.82, 2.24) is 0 Å². The lowest BCUT2D eigenvalue weighted by atomic mass is 9.44. The van der Waals surface area contributed by atoms with Gasteiger partial charge in [0, 0.05) is 12.3 Å². The molecular weight excluding hydrogens is 416 g/mol. The van der Waals surface area contributed by atoms with Gasteiger partial charge < -0.3 is 5.11 Å². The molecule has 32 heavy (non-hydrogen) atoms. The molecule has 3 heteroatoms. The van der Waals surface area contributed by atoms with E-state index in [1.54, 1.807) is 0 Å². The van der Waals surface area contributed by atoms with Gasteiger partial charge in [0.2, 0.25) is 0 Å². The number of carbonyl (C=O) groups excluding carboxylic acids is 1. The van der Waals surface area contributed by atoms with E-state index in [0.717, 1.165) is 50.3 Å². The molecule has 2 nitrogen and oxygen atoms in total. The summed E-state index contributed by atoms with van der Waals surface area (Å²) in [7, 11) is 0. The minimum atomic E-state index is -0.518. The molecule has 4 aliphatic rings. The van der Waals surface area contributed by atoms with Gasteiger partial charge in [0.15, 0.2) is 5.78 Å². The molecule has 0 amide bonds. The van der Waals surface area contributed by atoms with Crippen LogP contribution in [0, 0.1) is 34.5 Å². The van der Waals surface area contributed by atoms with Crippen molar-refractivity contribution >= 4 is 17.4 Å². The predicted octanol–water partition coefficient (Wildman–Crippen LogP) is 7.86. The van der Waals surface area contributed by atoms with Crippen molar-refractivity contribution in [2.75, 3.05) is 5.88 Å². The molecule has 3 saturated carbocycles. The Hall–Kier alpha value is -0.340. The fourth-order valence-electron chi connectivity index (χ4n) is 8.63. The summed E-state index contributed by atoms with van der Waals surface area (Å²) < 4.78 is 0. The van der Waals surface area contributed by atoms with Crippen LogP contribution in [0.15, 0.2) is 11.6 Å². The third kappa shape index (κ3) is 4.37. The molecule has 0 aromatic heterocycles. The van der Waals surface area contributed by atoms with Crippen molar-refractivity contribution in [1.29, 1.82) is 0 Å². The van der Waals surface area contributed by atoms with Gasteiger partial charge in [0.25, 0.3) is 0 Å². The molecular formula is C29H47ClO2. The Balaban J connectivity index is 1.48. The Kier molecular flexibility index (Phi) is 7.53. The normalized spacial score (nSPS) is 43.4. The van der Waals surface area contributed by atoms with Crippen LogP contribution >= 0.6 is 11.6 Å². The number of alkyl halides is 1. The standard InChI is InChI=1S/C29H47ClO2/c1-27-15-12-23(31)20-22(27)19-21(11-9-7-5-4-6-8-10-18-30)26-24(27)13-16-28(2)25(26)14-17-29(28,3)32/h20-21,24-26,32H,4-19H2,1-3H3/t21?,24-,25+,26-,27+,28+,29?/m1/s1. The number of ketones is 1. The largest absolute Gasteiger partial charge is 0.390 e. The molecule has 2 unspecified atom stereocenters. The molecule has 0 heterocycles. The minimum Gasteiger partial charge on any atom is -0.390 e. The number of aliphatic hydroxyl groups is 1. The van der Waals surface area contributed by atoms with Gasteiger partial charge in [-0.2, -0.15) is 0 Å². The number of unbranched alkanes of at least 4 members (excludes halogenated alkanes) is 6. The molecule has 0 radical (unpaired) electrons. The number of fused-ring (bicyclic) bond motifs is 5. The van der Waals surface area contributed by atoms with Gasteiger partial charge in [-0.05, 0) is 98.9 Å². The third-order valence-corrected chi connectivity index (χ3v) is 11.2. The highest BCUT2D eigenvalue weighted by molar-refractivity contribution is 6.17. The minimum absolute atomic E-state index is 0.0664. The highest BCUT2D eigenvalue weighted by atomic mass is 35.5. The summed E-state index contributed by atoms with van der Waals surface area (Å²) in [5.41, 5.74) is 1.24. The van der Waals surface area contributed by atoms with Crippen LogP contribution in [0.1, 0.15) is 117 Å². The maximum absolute atomic E-state index is 12.3. The lowest BCUT2D eigenvalue weighted by Crippen LogP contribution is -2.56. The molecule has 7 atom stereocenters. The first-order valence-corrected chi connectivity index (χ1v) is 14.3. The molecule has 0 saturated heterocycles. The Morgan fingerprint density at radius 3 is 2.31 bits per heavy atom. The topological polar surface area (TPSA) is 37.3 Å². The van der Waals surface area contributed by atoms with Gasteiger partial charge in [-0.3, -0.25) is 4.79 Å². The number of hydrogen-bond donors (Lipinski definition) is 1. The van der Waals surface area contributed by atoms with Crippen molar-refractivity contribution in [2.24, 2.45) is 34.5 Å². The van der Waals surface area contributed by atoms with E-state index in [-0.39, 0.29) is 10.8 Å². The van der Waals surface area contributed by atoms with Crippen molar-refractivity contribution in [3.63, 3.8) is 0 Å². The Labute approximate surface area is 202 Å². The first kappa shape index (κ1) is 24.8. The zero-order valence-electron chi connectivity index (χ0n) is 20.9. The number of halogens is 1. The number of rotatable bonds is 9. The molecule has 0 aromatic rings. The van der Waals surface area contributed by atoms with Crippen LogP contribution in [-0.4, -0.2) is 22.4 Å². The van der Waals surface area contributed by atoms with E-state index in [1.807, 2.05) is 0 Å². The summed E-state index contributed by atoms with van der Waals surface area (Å²) in [6.07, 6.45) is 19.9. The van der Waals surface area contributed by atoms with Gasteiger partial charge in [-0.1, -0.05) is 57.9 Å². The van der Waals surface area contributed by atoms with Crippen molar-refractivity contribution in [2.45, 2.75) is 123 Å². The first-order chi connectivity index (χ1) is 15.2. The van der Waals surface area contributed by atoms with E-state index in [1.165, 1.54) is 63.4 Å². The van der Waals surface area contributed by atoms with Crippen molar-refractivity contribution in [3.05, 3.63) is 11.6 Å². The fourth-order valence-corrected chi connectivity index (χ4v) is 8.82. The van der Waals surface area contributed by atoms with Gasteiger partial charge in [0.1, 0.15) is 0 Å². The zero-order valence-corrected chi connectivity index (χ0v) is 21.7. The summed E-state index contributed by atoms with van der Waals surface area (Å²) >= 11 is 5.80. The van der Waals surface area contributed by atoms with Crippen LogP contribution in [0.5, 0.6) is 0 Å². The summed E-state index contributed by atoms with van der Waals surface area (Å²) in [6, 6.07) is 0. The van der Waals surface area contributed by atoms with E-state index in [2.05, 4.69) is 26.8 Å². The van der Waals surface area contributed by atoms with Crippen LogP contribution in [0.4, 0.5) is 0 Å². The van der Waals surface area contributed by atoms with Gasteiger partial charge in [-0.25, -0.2) is 0 Å². The van der Waals surface area contributed by atoms with Crippen molar-refractivity contribution < 1.29 is 9.90 Å². The zero-order chi connectivity index (χ0) is 23.0. The molecule has 4 rings (SSSR count). The smallest absolute Gasteiger partial charge is 0.155 e. The quantitative estimate of drug-likeness (QED) is 0.279. The molecule has 182 valence electrons. The van der Waals surface area contributed by atoms with E-state index >= 15 is 0 Å². The number of hydrogen-bond acceptors (Lipinski definition) is 2. The van der Waals surface area contributed by atoms with Gasteiger partial charge in [0.05, 0.1) is 5.60 Å². The highest BCUT2D eigenvalue weighted by Crippen LogP contribution is 2.69. The SMILES string of the molecule is CC1(O)CC[C@H]2[C@@H]3C(CCCCCCCCCCl)CC4=CC(=O)CC[C@]4(C)[C@@H]3CC[C@@]21C. The molecule has 3 fully saturated rings. The summed E-state index contributed by atoms with van der Waals surface area (Å²) in [4.78, 5) is 12.3. The Morgan fingerprint density at radius 1 is 0.938 bits per heavy atom. The summed E-state index contributed by atoms with van der Waals surface area (Å²) in [5.74, 6) is 3.92. The lowest BCUT2D eigenvalue weighted by molar-refractivity contribution is -0.135. The van der Waals surface area contributed by atoms with E-state index in [4.69, 9.17) is 11.6 Å². The molecule has 0 spiro atoms. The molecule has 1 N–H and O–H groups in total. The second-order valence-electron chi connectivity index (χ2n) is 12.5. The lowest BCUT2D eigenvalue weighted by Gasteiger charge is -2.61. The predicted molar refractivity (Wildman–Crippen MR) is 134 cm³/mol. The van der Waals surface area contributed by atoms with E-state index in [9.17, 15) is 9.90 Å². The Bertz CT molecular complexity index is 712. The van der Waals surface area contributed by atoms with Gasteiger partial charge >= 0.3 is 0 Å². The van der Waals surface area contributed by atoms with E-state index in [0.29, 0.717) is 23.5 Å². The highest BCUT2D eigenvalue weighted by Gasteiger charge is 2.64. The van der Waals surface area contributed by atoms with Crippen LogP contribution in [0.25, 0.3) is 0 Å². The summed E-state index contributed by atoms with van der Waals surface area (Å²) in [6.45, 7) is 6.99. The van der Waals surface area contributed by atoms with Gasteiger partial charge in [-0.15, -0.1) is 11.6 Å². The number of allylic oxidation sites excluding steroid dienone is 1. The first-order valence-electron chi connectivity index (χ1n) is 13.8. The second-order valence-corrected chi connectivity index (χ2v) is 12.9. The summed E-state index contributed by atoms with van der Waals surface area (Å²) in [5, 5.41) is 11.3. The molecule has 0 bridgehead atoms. The monoisotopic (exact) mass is 462 g/mol. The molecule has 0 aromatic carbocycles. The van der Waals surface area contributed by atoms with Crippen LogP contribution in [-0.2, 0) is 4.79 Å². The maximum Gasteiger partial charge on any atom is 0.155 e. The average Bonchev–Trinajstić information content (AvgIpc) is 3.00. The van der Waals surface area contributed by atoms with Crippen LogP contribution < -0.4 is 0 Å².